The van der Waals surface area contributed by atoms with E-state index in [0.29, 0.717) is 40.3 Å². The molecule has 4 rings (SSSR count). The fourth-order valence-corrected chi connectivity index (χ4v) is 4.60. The summed E-state index contributed by atoms with van der Waals surface area (Å²) in [5.41, 5.74) is 4.15. The molecule has 0 atom stereocenters. The molecule has 3 aromatic rings. The number of hydrogen-bond acceptors (Lipinski definition) is 5. The summed E-state index contributed by atoms with van der Waals surface area (Å²) in [5, 5.41) is 0.325. The van der Waals surface area contributed by atoms with Crippen LogP contribution >= 0.6 is 23.4 Å². The van der Waals surface area contributed by atoms with Gasteiger partial charge in [0, 0.05) is 10.6 Å². The largest absolute Gasteiger partial charge is 0.490 e. The van der Waals surface area contributed by atoms with Crippen molar-refractivity contribution in [3.8, 4) is 11.5 Å². The number of thioether (sulfide) groups is 1. The predicted molar refractivity (Wildman–Crippen MR) is 138 cm³/mol. The molecule has 3 aromatic carbocycles. The summed E-state index contributed by atoms with van der Waals surface area (Å²) < 4.78 is 11.7. The standard InChI is InChI=1S/C27H24ClNO4S/c1-4-32-24-14-19(12-13-23(24)33-16-20-9-5-6-10-21(20)28)15-25-26(30)29(27(31)34-25)22-11-7-8-17(2)18(22)3/h5-15H,4,16H2,1-3H3/b25-15-. The molecule has 0 radical (unpaired) electrons. The first kappa shape index (κ1) is 23.9. The second-order valence-electron chi connectivity index (χ2n) is 7.76. The van der Waals surface area contributed by atoms with E-state index in [9.17, 15) is 9.59 Å². The van der Waals surface area contributed by atoms with Crippen molar-refractivity contribution in [2.75, 3.05) is 11.5 Å². The molecule has 0 N–H and O–H groups in total. The van der Waals surface area contributed by atoms with Gasteiger partial charge in [-0.25, -0.2) is 4.90 Å². The van der Waals surface area contributed by atoms with Gasteiger partial charge in [0.25, 0.3) is 11.1 Å². The van der Waals surface area contributed by atoms with Crippen molar-refractivity contribution in [2.45, 2.75) is 27.4 Å². The lowest BCUT2D eigenvalue weighted by atomic mass is 10.1. The number of nitrogens with zero attached hydrogens (tertiary/aromatic N) is 1. The quantitative estimate of drug-likeness (QED) is 0.326. The van der Waals surface area contributed by atoms with Crippen LogP contribution in [0.15, 0.2) is 65.6 Å². The topological polar surface area (TPSA) is 55.8 Å². The molecule has 1 aliphatic heterocycles. The number of carbonyl (C=O) groups excluding carboxylic acids is 2. The van der Waals surface area contributed by atoms with Gasteiger partial charge in [-0.15, -0.1) is 0 Å². The van der Waals surface area contributed by atoms with E-state index in [-0.39, 0.29) is 11.1 Å². The second-order valence-corrected chi connectivity index (χ2v) is 9.16. The number of hydrogen-bond donors (Lipinski definition) is 0. The Morgan fingerprint density at radius 3 is 2.53 bits per heavy atom. The molecule has 0 unspecified atom stereocenters. The molecule has 174 valence electrons. The molecule has 34 heavy (non-hydrogen) atoms. The monoisotopic (exact) mass is 493 g/mol. The van der Waals surface area contributed by atoms with Gasteiger partial charge in [0.15, 0.2) is 11.5 Å². The van der Waals surface area contributed by atoms with Crippen LogP contribution in [0.25, 0.3) is 6.08 Å². The van der Waals surface area contributed by atoms with Crippen molar-refractivity contribution in [3.63, 3.8) is 0 Å². The Morgan fingerprint density at radius 2 is 1.76 bits per heavy atom. The lowest BCUT2D eigenvalue weighted by Crippen LogP contribution is -2.28. The van der Waals surface area contributed by atoms with Crippen LogP contribution in [0.3, 0.4) is 0 Å². The Morgan fingerprint density at radius 1 is 0.971 bits per heavy atom. The normalized spacial score (nSPS) is 14.7. The minimum Gasteiger partial charge on any atom is -0.490 e. The first-order chi connectivity index (χ1) is 16.4. The van der Waals surface area contributed by atoms with E-state index in [1.165, 1.54) is 4.90 Å². The highest BCUT2D eigenvalue weighted by molar-refractivity contribution is 8.19. The van der Waals surface area contributed by atoms with E-state index in [2.05, 4.69) is 0 Å². The van der Waals surface area contributed by atoms with Gasteiger partial charge in [-0.3, -0.25) is 9.59 Å². The van der Waals surface area contributed by atoms with E-state index < -0.39 is 0 Å². The van der Waals surface area contributed by atoms with Crippen molar-refractivity contribution in [1.29, 1.82) is 0 Å². The maximum absolute atomic E-state index is 13.1. The van der Waals surface area contributed by atoms with Gasteiger partial charge in [-0.2, -0.15) is 0 Å². The zero-order valence-electron chi connectivity index (χ0n) is 19.1. The summed E-state index contributed by atoms with van der Waals surface area (Å²) in [5.74, 6) is 0.792. The number of carbonyl (C=O) groups is 2. The number of ether oxygens (including phenoxy) is 2. The maximum atomic E-state index is 13.1. The number of amides is 2. The third-order valence-corrected chi connectivity index (χ3v) is 6.76. The zero-order chi connectivity index (χ0) is 24.2. The Bertz CT molecular complexity index is 1290. The van der Waals surface area contributed by atoms with Crippen LogP contribution in [0.4, 0.5) is 10.5 Å². The fourth-order valence-electron chi connectivity index (χ4n) is 3.58. The molecule has 0 saturated carbocycles. The lowest BCUT2D eigenvalue weighted by molar-refractivity contribution is -0.113. The number of rotatable bonds is 7. The Kier molecular flexibility index (Phi) is 7.29. The highest BCUT2D eigenvalue weighted by Crippen LogP contribution is 2.38. The first-order valence-electron chi connectivity index (χ1n) is 10.9. The van der Waals surface area contributed by atoms with Crippen LogP contribution in [0.2, 0.25) is 5.02 Å². The van der Waals surface area contributed by atoms with Gasteiger partial charge in [0.2, 0.25) is 0 Å². The van der Waals surface area contributed by atoms with Gasteiger partial charge in [0.1, 0.15) is 6.61 Å². The average Bonchev–Trinajstić information content (AvgIpc) is 3.09. The van der Waals surface area contributed by atoms with Crippen molar-refractivity contribution in [3.05, 3.63) is 92.8 Å². The minimum atomic E-state index is -0.333. The predicted octanol–water partition coefficient (Wildman–Crippen LogP) is 7.18. The van der Waals surface area contributed by atoms with Gasteiger partial charge in [-0.05, 0) is 79.6 Å². The van der Waals surface area contributed by atoms with E-state index in [1.807, 2.05) is 63.2 Å². The molecule has 1 aliphatic rings. The van der Waals surface area contributed by atoms with E-state index in [0.717, 1.165) is 34.0 Å². The van der Waals surface area contributed by atoms with Gasteiger partial charge < -0.3 is 9.47 Å². The number of anilines is 1. The summed E-state index contributed by atoms with van der Waals surface area (Å²) in [6, 6.07) is 18.5. The first-order valence-corrected chi connectivity index (χ1v) is 12.1. The molecule has 0 aliphatic carbocycles. The molecule has 0 spiro atoms. The molecule has 2 amide bonds. The zero-order valence-corrected chi connectivity index (χ0v) is 20.7. The fraction of sp³-hybridized carbons (Fsp3) is 0.185. The number of imide groups is 1. The summed E-state index contributed by atoms with van der Waals surface area (Å²) in [4.78, 5) is 27.4. The summed E-state index contributed by atoms with van der Waals surface area (Å²) in [7, 11) is 0. The van der Waals surface area contributed by atoms with Crippen molar-refractivity contribution >= 4 is 46.3 Å². The average molecular weight is 494 g/mol. The molecular weight excluding hydrogens is 470 g/mol. The van der Waals surface area contributed by atoms with Crippen molar-refractivity contribution in [2.24, 2.45) is 0 Å². The number of aryl methyl sites for hydroxylation is 1. The molecule has 1 fully saturated rings. The SMILES string of the molecule is CCOc1cc(/C=C2\SC(=O)N(c3cccc(C)c3C)C2=O)ccc1OCc1ccccc1Cl. The molecule has 1 heterocycles. The summed E-state index contributed by atoms with van der Waals surface area (Å²) in [6.07, 6.45) is 1.70. The van der Waals surface area contributed by atoms with Crippen LogP contribution in [0.1, 0.15) is 29.2 Å². The van der Waals surface area contributed by atoms with E-state index in [4.69, 9.17) is 21.1 Å². The summed E-state index contributed by atoms with van der Waals surface area (Å²) >= 11 is 7.16. The molecule has 5 nitrogen and oxygen atoms in total. The van der Waals surface area contributed by atoms with Crippen LogP contribution in [-0.2, 0) is 11.4 Å². The van der Waals surface area contributed by atoms with Crippen LogP contribution in [0, 0.1) is 13.8 Å². The lowest BCUT2D eigenvalue weighted by Gasteiger charge is -2.16. The van der Waals surface area contributed by atoms with Gasteiger partial charge >= 0.3 is 0 Å². The summed E-state index contributed by atoms with van der Waals surface area (Å²) in [6.45, 7) is 6.51. The Balaban J connectivity index is 1.58. The number of benzene rings is 3. The second kappa shape index (κ2) is 10.4. The van der Waals surface area contributed by atoms with Crippen LogP contribution < -0.4 is 14.4 Å². The Hall–Kier alpha value is -3.22. The van der Waals surface area contributed by atoms with Crippen LogP contribution in [-0.4, -0.2) is 17.8 Å². The minimum absolute atomic E-state index is 0.299. The molecule has 1 saturated heterocycles. The van der Waals surface area contributed by atoms with Crippen molar-refractivity contribution < 1.29 is 19.1 Å². The highest BCUT2D eigenvalue weighted by atomic mass is 35.5. The Labute approximate surface area is 208 Å². The highest BCUT2D eigenvalue weighted by Gasteiger charge is 2.37. The number of halogens is 1. The van der Waals surface area contributed by atoms with Gasteiger partial charge in [-0.1, -0.05) is 48.0 Å². The third kappa shape index (κ3) is 4.98. The smallest absolute Gasteiger partial charge is 0.298 e. The third-order valence-electron chi connectivity index (χ3n) is 5.52. The molecule has 0 aromatic heterocycles. The molecule has 7 heteroatoms. The van der Waals surface area contributed by atoms with E-state index >= 15 is 0 Å². The maximum Gasteiger partial charge on any atom is 0.298 e. The van der Waals surface area contributed by atoms with E-state index in [1.54, 1.807) is 24.3 Å². The molecular formula is C27H24ClNO4S. The van der Waals surface area contributed by atoms with Crippen LogP contribution in [0.5, 0.6) is 11.5 Å². The molecule has 0 bridgehead atoms. The van der Waals surface area contributed by atoms with Crippen molar-refractivity contribution in [1.82, 2.24) is 0 Å². The van der Waals surface area contributed by atoms with Gasteiger partial charge in [0.05, 0.1) is 17.2 Å².